The Morgan fingerprint density at radius 1 is 1.47 bits per heavy atom. The highest BCUT2D eigenvalue weighted by Crippen LogP contribution is 2.08. The van der Waals surface area contributed by atoms with Gasteiger partial charge in [0, 0.05) is 6.54 Å². The van der Waals surface area contributed by atoms with Gasteiger partial charge in [-0.15, -0.1) is 0 Å². The molecule has 1 amide bonds. The van der Waals surface area contributed by atoms with Crippen LogP contribution in [-0.2, 0) is 4.79 Å². The second-order valence-corrected chi connectivity index (χ2v) is 3.48. The summed E-state index contributed by atoms with van der Waals surface area (Å²) < 4.78 is 0. The molecule has 4 N–H and O–H groups in total. The summed E-state index contributed by atoms with van der Waals surface area (Å²) in [4.78, 5) is 11.5. The van der Waals surface area contributed by atoms with Crippen molar-refractivity contribution < 1.29 is 9.90 Å². The van der Waals surface area contributed by atoms with Crippen LogP contribution in [0.2, 0.25) is 0 Å². The highest BCUT2D eigenvalue weighted by molar-refractivity contribution is 5.82. The molecule has 0 fully saturated rings. The highest BCUT2D eigenvalue weighted by atomic mass is 16.3. The Hall–Kier alpha value is -1.39. The summed E-state index contributed by atoms with van der Waals surface area (Å²) >= 11 is 0. The zero-order valence-corrected chi connectivity index (χ0v) is 8.68. The van der Waals surface area contributed by atoms with Crippen molar-refractivity contribution in [3.05, 3.63) is 35.9 Å². The van der Waals surface area contributed by atoms with Crippen LogP contribution in [0, 0.1) is 0 Å². The Bertz CT molecular complexity index is 312. The van der Waals surface area contributed by atoms with Crippen molar-refractivity contribution in [1.82, 2.24) is 5.32 Å². The SMILES string of the molecule is C[C@H](O)CNC(=O)[C@@H](N)c1ccccc1. The Balaban J connectivity index is 2.54. The van der Waals surface area contributed by atoms with Gasteiger partial charge in [-0.2, -0.15) is 0 Å². The molecule has 0 heterocycles. The number of carbonyl (C=O) groups is 1. The fourth-order valence-electron chi connectivity index (χ4n) is 1.17. The van der Waals surface area contributed by atoms with Crippen molar-refractivity contribution in [1.29, 1.82) is 0 Å². The molecule has 0 aliphatic carbocycles. The van der Waals surface area contributed by atoms with Gasteiger partial charge in [0.05, 0.1) is 6.10 Å². The number of hydrogen-bond acceptors (Lipinski definition) is 3. The molecule has 0 spiro atoms. The van der Waals surface area contributed by atoms with Crippen LogP contribution in [-0.4, -0.2) is 23.7 Å². The average Bonchev–Trinajstić information content (AvgIpc) is 2.26. The zero-order chi connectivity index (χ0) is 11.3. The van der Waals surface area contributed by atoms with Gasteiger partial charge in [-0.3, -0.25) is 4.79 Å². The second kappa shape index (κ2) is 5.48. The van der Waals surface area contributed by atoms with Gasteiger partial charge in [-0.1, -0.05) is 30.3 Å². The van der Waals surface area contributed by atoms with Crippen LogP contribution in [0.25, 0.3) is 0 Å². The summed E-state index contributed by atoms with van der Waals surface area (Å²) in [6.45, 7) is 1.83. The number of nitrogens with one attached hydrogen (secondary N) is 1. The molecule has 0 bridgehead atoms. The van der Waals surface area contributed by atoms with E-state index >= 15 is 0 Å². The van der Waals surface area contributed by atoms with E-state index in [1.807, 2.05) is 18.2 Å². The fraction of sp³-hybridized carbons (Fsp3) is 0.364. The molecule has 0 radical (unpaired) electrons. The molecule has 0 aliphatic heterocycles. The van der Waals surface area contributed by atoms with Crippen LogP contribution >= 0.6 is 0 Å². The minimum Gasteiger partial charge on any atom is -0.392 e. The molecular weight excluding hydrogens is 192 g/mol. The van der Waals surface area contributed by atoms with E-state index in [1.165, 1.54) is 0 Å². The number of benzene rings is 1. The van der Waals surface area contributed by atoms with Gasteiger partial charge in [-0.25, -0.2) is 0 Å². The Morgan fingerprint density at radius 3 is 2.60 bits per heavy atom. The molecule has 0 unspecified atom stereocenters. The van der Waals surface area contributed by atoms with E-state index in [1.54, 1.807) is 19.1 Å². The van der Waals surface area contributed by atoms with Crippen molar-refractivity contribution in [3.8, 4) is 0 Å². The first kappa shape index (κ1) is 11.7. The molecule has 4 nitrogen and oxygen atoms in total. The van der Waals surface area contributed by atoms with Gasteiger partial charge in [0.15, 0.2) is 0 Å². The lowest BCUT2D eigenvalue weighted by Gasteiger charge is -2.13. The van der Waals surface area contributed by atoms with Crippen molar-refractivity contribution in [2.45, 2.75) is 19.1 Å². The summed E-state index contributed by atoms with van der Waals surface area (Å²) in [6, 6.07) is 8.45. The van der Waals surface area contributed by atoms with Gasteiger partial charge in [0.2, 0.25) is 5.91 Å². The smallest absolute Gasteiger partial charge is 0.241 e. The van der Waals surface area contributed by atoms with E-state index < -0.39 is 12.1 Å². The third-order valence-corrected chi connectivity index (χ3v) is 2.01. The number of nitrogens with two attached hydrogens (primary N) is 1. The standard InChI is InChI=1S/C11H16N2O2/c1-8(14)7-13-11(15)10(12)9-5-3-2-4-6-9/h2-6,8,10,14H,7,12H2,1H3,(H,13,15)/t8-,10-/m0/s1. The maximum atomic E-state index is 11.5. The molecular formula is C11H16N2O2. The molecule has 0 saturated heterocycles. The van der Waals surface area contributed by atoms with E-state index in [0.29, 0.717) is 0 Å². The third kappa shape index (κ3) is 3.69. The number of amides is 1. The molecule has 2 atom stereocenters. The van der Waals surface area contributed by atoms with Crippen LogP contribution in [0.5, 0.6) is 0 Å². The molecule has 0 aromatic heterocycles. The summed E-state index contributed by atoms with van der Waals surface area (Å²) in [6.07, 6.45) is -0.558. The van der Waals surface area contributed by atoms with Gasteiger partial charge in [0.25, 0.3) is 0 Å². The maximum absolute atomic E-state index is 11.5. The van der Waals surface area contributed by atoms with E-state index in [4.69, 9.17) is 10.8 Å². The molecule has 0 aliphatic rings. The van der Waals surface area contributed by atoms with Gasteiger partial charge < -0.3 is 16.2 Å². The van der Waals surface area contributed by atoms with E-state index in [2.05, 4.69) is 5.32 Å². The van der Waals surface area contributed by atoms with Crippen LogP contribution in [0.4, 0.5) is 0 Å². The number of aliphatic hydroxyl groups excluding tert-OH is 1. The maximum Gasteiger partial charge on any atom is 0.241 e. The van der Waals surface area contributed by atoms with Crippen LogP contribution in [0.3, 0.4) is 0 Å². The Kier molecular flexibility index (Phi) is 4.27. The van der Waals surface area contributed by atoms with Crippen molar-refractivity contribution in [3.63, 3.8) is 0 Å². The van der Waals surface area contributed by atoms with E-state index in [9.17, 15) is 4.79 Å². The third-order valence-electron chi connectivity index (χ3n) is 2.01. The lowest BCUT2D eigenvalue weighted by atomic mass is 10.1. The fourth-order valence-corrected chi connectivity index (χ4v) is 1.17. The first-order valence-corrected chi connectivity index (χ1v) is 4.87. The lowest BCUT2D eigenvalue weighted by Crippen LogP contribution is -2.37. The summed E-state index contributed by atoms with van der Waals surface area (Å²) in [5.74, 6) is -0.276. The molecule has 0 saturated carbocycles. The average molecular weight is 208 g/mol. The van der Waals surface area contributed by atoms with E-state index in [-0.39, 0.29) is 12.5 Å². The van der Waals surface area contributed by atoms with Crippen molar-refractivity contribution >= 4 is 5.91 Å². The van der Waals surface area contributed by atoms with Crippen LogP contribution in [0.15, 0.2) is 30.3 Å². The van der Waals surface area contributed by atoms with Gasteiger partial charge in [0.1, 0.15) is 6.04 Å². The monoisotopic (exact) mass is 208 g/mol. The summed E-state index contributed by atoms with van der Waals surface area (Å²) in [5, 5.41) is 11.6. The first-order chi connectivity index (χ1) is 7.11. The second-order valence-electron chi connectivity index (χ2n) is 3.48. The molecule has 15 heavy (non-hydrogen) atoms. The molecule has 1 aromatic rings. The minimum absolute atomic E-state index is 0.222. The summed E-state index contributed by atoms with van der Waals surface area (Å²) in [7, 11) is 0. The Labute approximate surface area is 89.1 Å². The highest BCUT2D eigenvalue weighted by Gasteiger charge is 2.14. The van der Waals surface area contributed by atoms with Crippen LogP contribution < -0.4 is 11.1 Å². The zero-order valence-electron chi connectivity index (χ0n) is 8.68. The largest absolute Gasteiger partial charge is 0.392 e. The van der Waals surface area contributed by atoms with E-state index in [0.717, 1.165) is 5.56 Å². The van der Waals surface area contributed by atoms with Crippen molar-refractivity contribution in [2.75, 3.05) is 6.54 Å². The number of carbonyl (C=O) groups excluding carboxylic acids is 1. The topological polar surface area (TPSA) is 75.3 Å². The van der Waals surface area contributed by atoms with Crippen molar-refractivity contribution in [2.24, 2.45) is 5.73 Å². The minimum atomic E-state index is -0.676. The number of aliphatic hydroxyl groups is 1. The Morgan fingerprint density at radius 2 is 2.07 bits per heavy atom. The molecule has 82 valence electrons. The predicted octanol–water partition coefficient (Wildman–Crippen LogP) is 0.183. The summed E-state index contributed by atoms with van der Waals surface area (Å²) in [5.41, 5.74) is 6.50. The molecule has 1 rings (SSSR count). The normalized spacial score (nSPS) is 14.3. The quantitative estimate of drug-likeness (QED) is 0.661. The number of rotatable bonds is 4. The first-order valence-electron chi connectivity index (χ1n) is 4.87. The lowest BCUT2D eigenvalue weighted by molar-refractivity contribution is -0.122. The number of hydrogen-bond donors (Lipinski definition) is 3. The van der Waals surface area contributed by atoms with Crippen LogP contribution in [0.1, 0.15) is 18.5 Å². The van der Waals surface area contributed by atoms with Gasteiger partial charge in [-0.05, 0) is 12.5 Å². The predicted molar refractivity (Wildman–Crippen MR) is 58.1 cm³/mol. The molecule has 1 aromatic carbocycles. The molecule has 4 heteroatoms. The van der Waals surface area contributed by atoms with Gasteiger partial charge >= 0.3 is 0 Å².